The summed E-state index contributed by atoms with van der Waals surface area (Å²) in [6, 6.07) is 10.2. The van der Waals surface area contributed by atoms with Crippen molar-refractivity contribution in [2.24, 2.45) is 0 Å². The van der Waals surface area contributed by atoms with Crippen molar-refractivity contribution in [3.05, 3.63) is 48.5 Å². The van der Waals surface area contributed by atoms with E-state index in [1.165, 1.54) is 19.3 Å². The van der Waals surface area contributed by atoms with Gasteiger partial charge in [-0.15, -0.1) is 0 Å². The van der Waals surface area contributed by atoms with Gasteiger partial charge >= 0.3 is 0 Å². The second kappa shape index (κ2) is 6.12. The number of rotatable bonds is 3. The predicted molar refractivity (Wildman–Crippen MR) is 82.5 cm³/mol. The molecule has 1 saturated carbocycles. The molecule has 0 bridgehead atoms. The summed E-state index contributed by atoms with van der Waals surface area (Å²) < 4.78 is 1.86. The van der Waals surface area contributed by atoms with Gasteiger partial charge in [0.15, 0.2) is 0 Å². The number of para-hydroxylation sites is 1. The highest BCUT2D eigenvalue weighted by Gasteiger charge is 2.25. The number of hydrogen-bond donors (Lipinski definition) is 0. The zero-order valence-corrected chi connectivity index (χ0v) is 12.4. The highest BCUT2D eigenvalue weighted by molar-refractivity contribution is 5.93. The second-order valence-electron chi connectivity index (χ2n) is 5.69. The molecule has 21 heavy (non-hydrogen) atoms. The Bertz CT molecular complexity index is 600. The van der Waals surface area contributed by atoms with Crippen LogP contribution in [0.4, 0.5) is 0 Å². The molecular weight excluding hydrogens is 262 g/mol. The third-order valence-corrected chi connectivity index (χ3v) is 4.33. The largest absolute Gasteiger partial charge is 0.337 e. The molecule has 2 aromatic rings. The minimum atomic E-state index is 0.0586. The van der Waals surface area contributed by atoms with E-state index in [4.69, 9.17) is 0 Å². The van der Waals surface area contributed by atoms with Gasteiger partial charge in [-0.3, -0.25) is 9.36 Å². The number of hydrogen-bond acceptors (Lipinski definition) is 2. The molecule has 1 aliphatic rings. The summed E-state index contributed by atoms with van der Waals surface area (Å²) in [6.07, 6.45) is 9.33. The van der Waals surface area contributed by atoms with Crippen molar-refractivity contribution in [1.82, 2.24) is 14.5 Å². The third-order valence-electron chi connectivity index (χ3n) is 4.33. The average molecular weight is 283 g/mol. The first-order valence-electron chi connectivity index (χ1n) is 7.62. The van der Waals surface area contributed by atoms with Crippen molar-refractivity contribution in [2.75, 3.05) is 7.05 Å². The summed E-state index contributed by atoms with van der Waals surface area (Å²) in [7, 11) is 1.92. The molecule has 0 unspecified atom stereocenters. The molecule has 0 N–H and O–H groups in total. The number of nitrogens with zero attached hydrogens (tertiary/aromatic N) is 3. The zero-order chi connectivity index (χ0) is 14.7. The van der Waals surface area contributed by atoms with Crippen LogP contribution in [0.3, 0.4) is 0 Å². The van der Waals surface area contributed by atoms with Gasteiger partial charge in [-0.05, 0) is 25.0 Å². The summed E-state index contributed by atoms with van der Waals surface area (Å²) in [4.78, 5) is 18.8. The molecule has 1 fully saturated rings. The van der Waals surface area contributed by atoms with Gasteiger partial charge in [0.25, 0.3) is 5.91 Å². The lowest BCUT2D eigenvalue weighted by molar-refractivity contribution is 0.0688. The predicted octanol–water partition coefficient (Wildman–Crippen LogP) is 3.28. The van der Waals surface area contributed by atoms with Crippen molar-refractivity contribution in [3.8, 4) is 5.69 Å². The highest BCUT2D eigenvalue weighted by Crippen LogP contribution is 2.23. The molecule has 4 nitrogen and oxygen atoms in total. The fourth-order valence-corrected chi connectivity index (χ4v) is 3.06. The first-order chi connectivity index (χ1) is 10.3. The van der Waals surface area contributed by atoms with Crippen LogP contribution in [-0.4, -0.2) is 33.4 Å². The zero-order valence-electron chi connectivity index (χ0n) is 12.4. The number of carbonyl (C=O) groups excluding carboxylic acids is 1. The molecule has 0 saturated heterocycles. The Morgan fingerprint density at radius 3 is 2.62 bits per heavy atom. The van der Waals surface area contributed by atoms with Gasteiger partial charge < -0.3 is 4.90 Å². The van der Waals surface area contributed by atoms with E-state index in [9.17, 15) is 4.79 Å². The standard InChI is InChI=1S/C17H21N3O/c1-19(14-8-4-2-5-9-14)17(21)16-12-18-13-20(16)15-10-6-3-7-11-15/h3,6-7,10-14H,2,4-5,8-9H2,1H3. The van der Waals surface area contributed by atoms with Crippen LogP contribution in [0.5, 0.6) is 0 Å². The Labute approximate surface area is 125 Å². The van der Waals surface area contributed by atoms with E-state index in [1.807, 2.05) is 46.8 Å². The topological polar surface area (TPSA) is 38.1 Å². The maximum absolute atomic E-state index is 12.8. The van der Waals surface area contributed by atoms with Gasteiger partial charge in [0, 0.05) is 18.8 Å². The molecule has 1 aromatic heterocycles. The molecule has 1 amide bonds. The molecule has 3 rings (SSSR count). The highest BCUT2D eigenvalue weighted by atomic mass is 16.2. The molecule has 1 heterocycles. The summed E-state index contributed by atoms with van der Waals surface area (Å²) >= 11 is 0. The summed E-state index contributed by atoms with van der Waals surface area (Å²) in [5.41, 5.74) is 1.60. The molecule has 1 aliphatic carbocycles. The maximum atomic E-state index is 12.8. The van der Waals surface area contributed by atoms with Crippen LogP contribution in [0.1, 0.15) is 42.6 Å². The first kappa shape index (κ1) is 13.9. The molecule has 0 aliphatic heterocycles. The Morgan fingerprint density at radius 1 is 1.19 bits per heavy atom. The molecule has 4 heteroatoms. The second-order valence-corrected chi connectivity index (χ2v) is 5.69. The lowest BCUT2D eigenvalue weighted by Crippen LogP contribution is -2.39. The van der Waals surface area contributed by atoms with Gasteiger partial charge in [0.1, 0.15) is 5.69 Å². The number of carbonyl (C=O) groups is 1. The Kier molecular flexibility index (Phi) is 4.04. The first-order valence-corrected chi connectivity index (χ1v) is 7.62. The molecule has 0 spiro atoms. The number of aromatic nitrogens is 2. The average Bonchev–Trinajstić information content (AvgIpc) is 3.04. The Hall–Kier alpha value is -2.10. The molecule has 0 atom stereocenters. The summed E-state index contributed by atoms with van der Waals surface area (Å²) in [5.74, 6) is 0.0586. The van der Waals surface area contributed by atoms with Crippen LogP contribution in [-0.2, 0) is 0 Å². The summed E-state index contributed by atoms with van der Waals surface area (Å²) in [6.45, 7) is 0. The van der Waals surface area contributed by atoms with Gasteiger partial charge in [-0.1, -0.05) is 37.5 Å². The van der Waals surface area contributed by atoms with E-state index in [1.54, 1.807) is 12.5 Å². The van der Waals surface area contributed by atoms with E-state index in [2.05, 4.69) is 4.98 Å². The van der Waals surface area contributed by atoms with Crippen LogP contribution in [0, 0.1) is 0 Å². The Balaban J connectivity index is 1.84. The van der Waals surface area contributed by atoms with Gasteiger partial charge in [-0.2, -0.15) is 0 Å². The van der Waals surface area contributed by atoms with Crippen LogP contribution in [0.2, 0.25) is 0 Å². The Morgan fingerprint density at radius 2 is 1.90 bits per heavy atom. The third kappa shape index (κ3) is 2.84. The minimum absolute atomic E-state index is 0.0586. The van der Waals surface area contributed by atoms with E-state index in [0.717, 1.165) is 18.5 Å². The lowest BCUT2D eigenvalue weighted by Gasteiger charge is -2.31. The van der Waals surface area contributed by atoms with E-state index in [-0.39, 0.29) is 5.91 Å². The van der Waals surface area contributed by atoms with Crippen molar-refractivity contribution >= 4 is 5.91 Å². The van der Waals surface area contributed by atoms with Crippen molar-refractivity contribution in [3.63, 3.8) is 0 Å². The van der Waals surface area contributed by atoms with Gasteiger partial charge in [-0.25, -0.2) is 4.98 Å². The minimum Gasteiger partial charge on any atom is -0.337 e. The van der Waals surface area contributed by atoms with Crippen LogP contribution >= 0.6 is 0 Å². The number of imidazole rings is 1. The van der Waals surface area contributed by atoms with E-state index >= 15 is 0 Å². The maximum Gasteiger partial charge on any atom is 0.272 e. The number of benzene rings is 1. The smallest absolute Gasteiger partial charge is 0.272 e. The summed E-state index contributed by atoms with van der Waals surface area (Å²) in [5, 5.41) is 0. The molecule has 0 radical (unpaired) electrons. The van der Waals surface area contributed by atoms with Gasteiger partial charge in [0.05, 0.1) is 12.5 Å². The SMILES string of the molecule is CN(C(=O)c1cncn1-c1ccccc1)C1CCCCC1. The van der Waals surface area contributed by atoms with Crippen molar-refractivity contribution in [1.29, 1.82) is 0 Å². The molecule has 1 aromatic carbocycles. The quantitative estimate of drug-likeness (QED) is 0.867. The van der Waals surface area contributed by atoms with Crippen LogP contribution in [0.15, 0.2) is 42.9 Å². The van der Waals surface area contributed by atoms with Crippen LogP contribution in [0.25, 0.3) is 5.69 Å². The van der Waals surface area contributed by atoms with Crippen molar-refractivity contribution < 1.29 is 4.79 Å². The monoisotopic (exact) mass is 283 g/mol. The number of amides is 1. The van der Waals surface area contributed by atoms with Crippen LogP contribution < -0.4 is 0 Å². The fourth-order valence-electron chi connectivity index (χ4n) is 3.06. The van der Waals surface area contributed by atoms with Gasteiger partial charge in [0.2, 0.25) is 0 Å². The molecule has 110 valence electrons. The lowest BCUT2D eigenvalue weighted by atomic mass is 9.94. The van der Waals surface area contributed by atoms with E-state index < -0.39 is 0 Å². The molecular formula is C17H21N3O. The fraction of sp³-hybridized carbons (Fsp3) is 0.412. The van der Waals surface area contributed by atoms with Crippen molar-refractivity contribution in [2.45, 2.75) is 38.1 Å². The van der Waals surface area contributed by atoms with E-state index in [0.29, 0.717) is 11.7 Å². The normalized spacial score (nSPS) is 15.9.